The number of nitrogens with zero attached hydrogens (tertiary/aromatic N) is 3. The average Bonchev–Trinajstić information content (AvgIpc) is 2.81. The van der Waals surface area contributed by atoms with Crippen LogP contribution >= 0.6 is 0 Å². The average molecular weight is 249 g/mol. The Balaban J connectivity index is 2.31. The van der Waals surface area contributed by atoms with Gasteiger partial charge in [0, 0.05) is 0 Å². The third-order valence-corrected chi connectivity index (χ3v) is 2.10. The number of H-pyrrole nitrogens is 2. The molecule has 0 unspecified atom stereocenters. The Kier molecular flexibility index (Phi) is 2.90. The first-order valence-electron chi connectivity index (χ1n) is 5.53. The Morgan fingerprint density at radius 2 is 2.06 bits per heavy atom. The highest BCUT2D eigenvalue weighted by molar-refractivity contribution is 5.93. The first-order valence-corrected chi connectivity index (χ1v) is 5.53. The molecule has 96 valence electrons. The normalized spacial score (nSPS) is 11.6. The lowest BCUT2D eigenvalue weighted by atomic mass is 10.2. The molecule has 0 amide bonds. The number of aromatic amines is 2. The summed E-state index contributed by atoms with van der Waals surface area (Å²) in [7, 11) is 0. The maximum atomic E-state index is 11.9. The number of hydrogen-bond acceptors (Lipinski definition) is 5. The van der Waals surface area contributed by atoms with Crippen molar-refractivity contribution in [3.63, 3.8) is 0 Å². The molecular formula is C11H15N5O2. The fraction of sp³-hybridized carbons (Fsp3) is 0.455. The number of carbonyl (C=O) groups is 1. The van der Waals surface area contributed by atoms with Crippen molar-refractivity contribution < 1.29 is 9.53 Å². The van der Waals surface area contributed by atoms with Crippen molar-refractivity contribution in [3.05, 3.63) is 17.7 Å². The molecule has 18 heavy (non-hydrogen) atoms. The summed E-state index contributed by atoms with van der Waals surface area (Å²) in [4.78, 5) is 19.0. The second-order valence-corrected chi connectivity index (χ2v) is 4.90. The lowest BCUT2D eigenvalue weighted by molar-refractivity contribution is 0.00637. The predicted octanol–water partition coefficient (Wildman–Crippen LogP) is 1.46. The zero-order chi connectivity index (χ0) is 13.3. The van der Waals surface area contributed by atoms with Crippen molar-refractivity contribution in [3.8, 4) is 11.4 Å². The van der Waals surface area contributed by atoms with E-state index in [4.69, 9.17) is 4.74 Å². The Hall–Kier alpha value is -2.18. The molecule has 2 N–H and O–H groups in total. The third kappa shape index (κ3) is 2.55. The molecule has 0 bridgehead atoms. The van der Waals surface area contributed by atoms with Crippen LogP contribution in [0.2, 0.25) is 0 Å². The van der Waals surface area contributed by atoms with Crippen molar-refractivity contribution in [2.75, 3.05) is 0 Å². The largest absolute Gasteiger partial charge is 0.455 e. The third-order valence-electron chi connectivity index (χ3n) is 2.10. The molecule has 0 aliphatic heterocycles. The standard InChI is InChI=1S/C11H15N5O2/c1-6-12-5-7(13-6)8-9(15-16-14-8)10(17)18-11(2,3)4/h5H,1-4H3,(H,12,13)(H,14,15,16). The second-order valence-electron chi connectivity index (χ2n) is 4.90. The van der Waals surface area contributed by atoms with E-state index in [1.807, 2.05) is 6.92 Å². The van der Waals surface area contributed by atoms with Gasteiger partial charge in [0.2, 0.25) is 0 Å². The van der Waals surface area contributed by atoms with Crippen LogP contribution in [0.3, 0.4) is 0 Å². The molecule has 2 aromatic rings. The maximum absolute atomic E-state index is 11.9. The molecule has 0 aliphatic rings. The van der Waals surface area contributed by atoms with E-state index in [-0.39, 0.29) is 5.69 Å². The van der Waals surface area contributed by atoms with E-state index >= 15 is 0 Å². The van der Waals surface area contributed by atoms with Crippen LogP contribution in [-0.2, 0) is 4.74 Å². The van der Waals surface area contributed by atoms with Crippen molar-refractivity contribution in [2.24, 2.45) is 0 Å². The van der Waals surface area contributed by atoms with E-state index in [0.29, 0.717) is 11.4 Å². The first kappa shape index (κ1) is 12.3. The van der Waals surface area contributed by atoms with Crippen molar-refractivity contribution in [1.82, 2.24) is 25.4 Å². The topological polar surface area (TPSA) is 96.6 Å². The van der Waals surface area contributed by atoms with E-state index < -0.39 is 11.6 Å². The molecule has 0 radical (unpaired) electrons. The van der Waals surface area contributed by atoms with Gasteiger partial charge in [0.25, 0.3) is 0 Å². The van der Waals surface area contributed by atoms with Crippen LogP contribution in [0.25, 0.3) is 11.4 Å². The smallest absolute Gasteiger partial charge is 0.361 e. The van der Waals surface area contributed by atoms with Gasteiger partial charge in [-0.1, -0.05) is 0 Å². The second kappa shape index (κ2) is 4.25. The summed E-state index contributed by atoms with van der Waals surface area (Å²) < 4.78 is 5.26. The van der Waals surface area contributed by atoms with Gasteiger partial charge in [-0.25, -0.2) is 9.78 Å². The minimum atomic E-state index is -0.572. The predicted molar refractivity (Wildman–Crippen MR) is 63.9 cm³/mol. The number of carbonyl (C=O) groups excluding carboxylic acids is 1. The molecule has 7 heteroatoms. The molecule has 2 aromatic heterocycles. The minimum absolute atomic E-state index is 0.147. The molecule has 2 heterocycles. The van der Waals surface area contributed by atoms with Crippen LogP contribution in [0.1, 0.15) is 37.1 Å². The number of imidazole rings is 1. The van der Waals surface area contributed by atoms with Gasteiger partial charge in [0.1, 0.15) is 17.1 Å². The van der Waals surface area contributed by atoms with E-state index in [1.165, 1.54) is 0 Å². The molecule has 0 spiro atoms. The van der Waals surface area contributed by atoms with Gasteiger partial charge in [-0.05, 0) is 27.7 Å². The van der Waals surface area contributed by atoms with Crippen LogP contribution in [0, 0.1) is 6.92 Å². The summed E-state index contributed by atoms with van der Waals surface area (Å²) in [6, 6.07) is 0. The summed E-state index contributed by atoms with van der Waals surface area (Å²) >= 11 is 0. The van der Waals surface area contributed by atoms with Crippen molar-refractivity contribution in [1.29, 1.82) is 0 Å². The number of nitrogens with one attached hydrogen (secondary N) is 2. The summed E-state index contributed by atoms with van der Waals surface area (Å²) in [5.74, 6) is 0.224. The van der Waals surface area contributed by atoms with Gasteiger partial charge < -0.3 is 9.72 Å². The molecule has 0 aromatic carbocycles. The molecule has 0 aliphatic carbocycles. The number of ether oxygens (including phenoxy) is 1. The molecule has 0 saturated carbocycles. The van der Waals surface area contributed by atoms with E-state index in [2.05, 4.69) is 25.4 Å². The molecule has 7 nitrogen and oxygen atoms in total. The number of aromatic nitrogens is 5. The Morgan fingerprint density at radius 3 is 2.61 bits per heavy atom. The highest BCUT2D eigenvalue weighted by Crippen LogP contribution is 2.20. The van der Waals surface area contributed by atoms with Crippen LogP contribution in [0.4, 0.5) is 0 Å². The summed E-state index contributed by atoms with van der Waals surface area (Å²) in [5, 5.41) is 10.2. The van der Waals surface area contributed by atoms with Crippen LogP contribution in [0.15, 0.2) is 6.20 Å². The highest BCUT2D eigenvalue weighted by Gasteiger charge is 2.24. The highest BCUT2D eigenvalue weighted by atomic mass is 16.6. The molecule has 0 fully saturated rings. The quantitative estimate of drug-likeness (QED) is 0.785. The fourth-order valence-electron chi connectivity index (χ4n) is 1.43. The van der Waals surface area contributed by atoms with Gasteiger partial charge in [0.05, 0.1) is 11.9 Å². The lowest BCUT2D eigenvalue weighted by Crippen LogP contribution is -2.24. The fourth-order valence-corrected chi connectivity index (χ4v) is 1.43. The van der Waals surface area contributed by atoms with Crippen LogP contribution < -0.4 is 0 Å². The van der Waals surface area contributed by atoms with E-state index in [9.17, 15) is 4.79 Å². The van der Waals surface area contributed by atoms with Gasteiger partial charge >= 0.3 is 5.97 Å². The Morgan fingerprint density at radius 1 is 1.33 bits per heavy atom. The first-order chi connectivity index (χ1) is 8.37. The molecular weight excluding hydrogens is 234 g/mol. The van der Waals surface area contributed by atoms with Gasteiger partial charge in [-0.15, -0.1) is 5.10 Å². The summed E-state index contributed by atoms with van der Waals surface area (Å²) in [5.41, 5.74) is 0.609. The SMILES string of the molecule is Cc1ncc(-c2n[nH]nc2C(=O)OC(C)(C)C)[nH]1. The summed E-state index contributed by atoms with van der Waals surface area (Å²) in [6.07, 6.45) is 1.60. The number of esters is 1. The van der Waals surface area contributed by atoms with Gasteiger partial charge in [0.15, 0.2) is 5.69 Å². The van der Waals surface area contributed by atoms with Crippen molar-refractivity contribution >= 4 is 5.97 Å². The summed E-state index contributed by atoms with van der Waals surface area (Å²) in [6.45, 7) is 7.21. The number of aryl methyl sites for hydroxylation is 1. The van der Waals surface area contributed by atoms with E-state index in [1.54, 1.807) is 27.0 Å². The zero-order valence-electron chi connectivity index (χ0n) is 10.7. The van der Waals surface area contributed by atoms with Gasteiger partial charge in [-0.3, -0.25) is 0 Å². The monoisotopic (exact) mass is 249 g/mol. The minimum Gasteiger partial charge on any atom is -0.455 e. The number of rotatable bonds is 2. The molecule has 0 atom stereocenters. The lowest BCUT2D eigenvalue weighted by Gasteiger charge is -2.18. The van der Waals surface area contributed by atoms with Gasteiger partial charge in [-0.2, -0.15) is 10.3 Å². The maximum Gasteiger partial charge on any atom is 0.361 e. The van der Waals surface area contributed by atoms with Crippen molar-refractivity contribution in [2.45, 2.75) is 33.3 Å². The number of hydrogen-bond donors (Lipinski definition) is 2. The van der Waals surface area contributed by atoms with E-state index in [0.717, 1.165) is 5.82 Å². The van der Waals surface area contributed by atoms with Crippen LogP contribution in [0.5, 0.6) is 0 Å². The Labute approximate surface area is 104 Å². The van der Waals surface area contributed by atoms with Crippen LogP contribution in [-0.4, -0.2) is 36.9 Å². The zero-order valence-corrected chi connectivity index (χ0v) is 10.7. The molecule has 2 rings (SSSR count). The molecule has 0 saturated heterocycles. The Bertz CT molecular complexity index is 564.